The van der Waals surface area contributed by atoms with Gasteiger partial charge >= 0.3 is 5.97 Å². The summed E-state index contributed by atoms with van der Waals surface area (Å²) in [6.45, 7) is 3.32. The van der Waals surface area contributed by atoms with Gasteiger partial charge in [-0.25, -0.2) is 4.79 Å². The Bertz CT molecular complexity index is 571. The molecule has 1 aromatic rings. The highest BCUT2D eigenvalue weighted by Crippen LogP contribution is 2.22. The summed E-state index contributed by atoms with van der Waals surface area (Å²) in [6, 6.07) is 3.18. The normalized spacial score (nSPS) is 13.1. The van der Waals surface area contributed by atoms with Crippen molar-refractivity contribution in [3.8, 4) is 0 Å². The predicted octanol–water partition coefficient (Wildman–Crippen LogP) is 1.30. The number of nitrogens with zero attached hydrogens (tertiary/aromatic N) is 1. The number of nitro benzene ring substituents is 1. The first-order valence-electron chi connectivity index (χ1n) is 6.20. The molecular weight excluding hydrogens is 278 g/mol. The number of anilines is 1. The van der Waals surface area contributed by atoms with E-state index in [-0.39, 0.29) is 28.9 Å². The van der Waals surface area contributed by atoms with Gasteiger partial charge in [-0.15, -0.1) is 0 Å². The maximum atomic E-state index is 11.9. The van der Waals surface area contributed by atoms with Crippen LogP contribution in [0.2, 0.25) is 0 Å². The minimum Gasteiger partial charge on any atom is -0.465 e. The molecule has 1 aromatic carbocycles. The summed E-state index contributed by atoms with van der Waals surface area (Å²) in [5, 5.41) is 13.4. The molecule has 0 heterocycles. The van der Waals surface area contributed by atoms with Crippen molar-refractivity contribution in [2.24, 2.45) is 11.7 Å². The third-order valence-corrected chi connectivity index (χ3v) is 3.02. The van der Waals surface area contributed by atoms with Crippen molar-refractivity contribution in [1.82, 2.24) is 0 Å². The van der Waals surface area contributed by atoms with Crippen LogP contribution in [0.4, 0.5) is 11.4 Å². The lowest BCUT2D eigenvalue weighted by molar-refractivity contribution is -0.384. The number of methoxy groups -OCH3 is 1. The van der Waals surface area contributed by atoms with Crippen molar-refractivity contribution in [2.45, 2.75) is 19.9 Å². The number of rotatable bonds is 5. The minimum atomic E-state index is -0.727. The van der Waals surface area contributed by atoms with Gasteiger partial charge < -0.3 is 15.8 Å². The van der Waals surface area contributed by atoms with E-state index in [4.69, 9.17) is 5.73 Å². The van der Waals surface area contributed by atoms with Crippen LogP contribution >= 0.6 is 0 Å². The van der Waals surface area contributed by atoms with Crippen molar-refractivity contribution in [1.29, 1.82) is 0 Å². The molecule has 8 nitrogen and oxygen atoms in total. The number of esters is 1. The molecule has 0 saturated heterocycles. The van der Waals surface area contributed by atoms with Gasteiger partial charge in [0.2, 0.25) is 5.91 Å². The first-order valence-corrected chi connectivity index (χ1v) is 6.20. The van der Waals surface area contributed by atoms with Gasteiger partial charge in [-0.05, 0) is 13.0 Å². The first kappa shape index (κ1) is 16.6. The van der Waals surface area contributed by atoms with Gasteiger partial charge in [-0.2, -0.15) is 0 Å². The zero-order valence-corrected chi connectivity index (χ0v) is 12.0. The summed E-state index contributed by atoms with van der Waals surface area (Å²) in [7, 11) is 1.16. The van der Waals surface area contributed by atoms with E-state index in [9.17, 15) is 19.7 Å². The van der Waals surface area contributed by atoms with Crippen LogP contribution in [0.15, 0.2) is 18.2 Å². The second-order valence-corrected chi connectivity index (χ2v) is 4.65. The fraction of sp³-hybridized carbons (Fsp3) is 0.385. The summed E-state index contributed by atoms with van der Waals surface area (Å²) in [4.78, 5) is 33.6. The van der Waals surface area contributed by atoms with Crippen LogP contribution in [-0.4, -0.2) is 30.0 Å². The van der Waals surface area contributed by atoms with E-state index >= 15 is 0 Å². The number of hydrogen-bond acceptors (Lipinski definition) is 6. The van der Waals surface area contributed by atoms with E-state index in [2.05, 4.69) is 10.1 Å². The molecule has 0 fully saturated rings. The number of amides is 1. The Morgan fingerprint density at radius 2 is 1.95 bits per heavy atom. The van der Waals surface area contributed by atoms with E-state index in [0.29, 0.717) is 0 Å². The maximum absolute atomic E-state index is 11.9. The molecule has 114 valence electrons. The van der Waals surface area contributed by atoms with Crippen molar-refractivity contribution in [3.05, 3.63) is 33.9 Å². The van der Waals surface area contributed by atoms with Crippen LogP contribution < -0.4 is 11.1 Å². The molecule has 0 aromatic heterocycles. The molecule has 3 N–H and O–H groups in total. The first-order chi connectivity index (χ1) is 9.76. The van der Waals surface area contributed by atoms with Gasteiger partial charge in [0, 0.05) is 23.9 Å². The number of ether oxygens (including phenoxy) is 1. The predicted molar refractivity (Wildman–Crippen MR) is 75.9 cm³/mol. The smallest absolute Gasteiger partial charge is 0.338 e. The van der Waals surface area contributed by atoms with Crippen LogP contribution in [0, 0.1) is 16.0 Å². The number of benzene rings is 1. The number of nitro groups is 1. The Kier molecular flexibility index (Phi) is 5.37. The molecule has 2 atom stereocenters. The Morgan fingerprint density at radius 3 is 2.43 bits per heavy atom. The fourth-order valence-electron chi connectivity index (χ4n) is 1.52. The Balaban J connectivity index is 3.11. The summed E-state index contributed by atoms with van der Waals surface area (Å²) in [6.07, 6.45) is 0. The highest BCUT2D eigenvalue weighted by Gasteiger charge is 2.20. The lowest BCUT2D eigenvalue weighted by Gasteiger charge is -2.15. The van der Waals surface area contributed by atoms with Crippen molar-refractivity contribution < 1.29 is 19.2 Å². The average Bonchev–Trinajstić information content (AvgIpc) is 2.44. The van der Waals surface area contributed by atoms with Gasteiger partial charge in [-0.1, -0.05) is 6.92 Å². The van der Waals surface area contributed by atoms with Crippen LogP contribution in [0.1, 0.15) is 24.2 Å². The van der Waals surface area contributed by atoms with Crippen LogP contribution in [0.5, 0.6) is 0 Å². The third-order valence-electron chi connectivity index (χ3n) is 3.02. The second kappa shape index (κ2) is 6.80. The van der Waals surface area contributed by atoms with Crippen LogP contribution in [0.3, 0.4) is 0 Å². The molecule has 0 radical (unpaired) electrons. The molecule has 2 unspecified atom stereocenters. The molecule has 21 heavy (non-hydrogen) atoms. The number of carbonyl (C=O) groups is 2. The number of non-ortho nitro benzene ring substituents is 1. The largest absolute Gasteiger partial charge is 0.465 e. The summed E-state index contributed by atoms with van der Waals surface area (Å²) < 4.78 is 4.52. The van der Waals surface area contributed by atoms with E-state index in [1.807, 2.05) is 0 Å². The molecule has 8 heteroatoms. The number of hydrogen-bond donors (Lipinski definition) is 2. The SMILES string of the molecule is COC(=O)c1cc(NC(=O)C(C)C(C)N)cc([N+](=O)[O-])c1. The van der Waals surface area contributed by atoms with E-state index < -0.39 is 16.8 Å². The molecule has 0 bridgehead atoms. The zero-order chi connectivity index (χ0) is 16.2. The monoisotopic (exact) mass is 295 g/mol. The van der Waals surface area contributed by atoms with E-state index in [0.717, 1.165) is 19.2 Å². The Morgan fingerprint density at radius 1 is 1.33 bits per heavy atom. The Hall–Kier alpha value is -2.48. The molecule has 1 amide bonds. The third kappa shape index (κ3) is 4.25. The van der Waals surface area contributed by atoms with E-state index in [1.165, 1.54) is 6.07 Å². The highest BCUT2D eigenvalue weighted by molar-refractivity contribution is 5.96. The highest BCUT2D eigenvalue weighted by atomic mass is 16.6. The molecule has 0 spiro atoms. The lowest BCUT2D eigenvalue weighted by Crippen LogP contribution is -2.34. The summed E-state index contributed by atoms with van der Waals surface area (Å²) in [5.74, 6) is -1.60. The molecule has 0 aliphatic rings. The fourth-order valence-corrected chi connectivity index (χ4v) is 1.52. The molecule has 0 saturated carbocycles. The molecule has 0 aliphatic carbocycles. The Labute approximate surface area is 121 Å². The summed E-state index contributed by atoms with van der Waals surface area (Å²) in [5.41, 5.74) is 5.43. The van der Waals surface area contributed by atoms with Crippen molar-refractivity contribution in [3.63, 3.8) is 0 Å². The molecule has 0 aliphatic heterocycles. The number of carbonyl (C=O) groups excluding carboxylic acids is 2. The van der Waals surface area contributed by atoms with Gasteiger partial charge in [0.15, 0.2) is 0 Å². The van der Waals surface area contributed by atoms with E-state index in [1.54, 1.807) is 13.8 Å². The van der Waals surface area contributed by atoms with Crippen LogP contribution in [0.25, 0.3) is 0 Å². The van der Waals surface area contributed by atoms with Gasteiger partial charge in [0.05, 0.1) is 23.5 Å². The van der Waals surface area contributed by atoms with Gasteiger partial charge in [-0.3, -0.25) is 14.9 Å². The topological polar surface area (TPSA) is 125 Å². The van der Waals surface area contributed by atoms with Gasteiger partial charge in [0.1, 0.15) is 0 Å². The lowest BCUT2D eigenvalue weighted by atomic mass is 10.0. The zero-order valence-electron chi connectivity index (χ0n) is 12.0. The maximum Gasteiger partial charge on any atom is 0.338 e. The standard InChI is InChI=1S/C13H17N3O5/c1-7(8(2)14)12(17)15-10-4-9(13(18)21-3)5-11(6-10)16(19)20/h4-8H,14H2,1-3H3,(H,15,17). The average molecular weight is 295 g/mol. The van der Waals surface area contributed by atoms with Crippen LogP contribution in [-0.2, 0) is 9.53 Å². The second-order valence-electron chi connectivity index (χ2n) is 4.65. The molecule has 1 rings (SSSR count). The summed E-state index contributed by atoms with van der Waals surface area (Å²) >= 11 is 0. The number of nitrogens with two attached hydrogens (primary N) is 1. The quantitative estimate of drug-likeness (QED) is 0.479. The minimum absolute atomic E-state index is 0.0181. The van der Waals surface area contributed by atoms with Crippen molar-refractivity contribution in [2.75, 3.05) is 12.4 Å². The molecular formula is C13H17N3O5. The van der Waals surface area contributed by atoms with Gasteiger partial charge in [0.25, 0.3) is 5.69 Å². The number of nitrogens with one attached hydrogen (secondary N) is 1. The van der Waals surface area contributed by atoms with Crippen molar-refractivity contribution >= 4 is 23.3 Å².